The normalized spacial score (nSPS) is 11.5. The second-order valence-electron chi connectivity index (χ2n) is 3.83. The lowest BCUT2D eigenvalue weighted by Gasteiger charge is -2.05. The molecule has 2 rings (SSSR count). The number of rotatable bonds is 3. The summed E-state index contributed by atoms with van der Waals surface area (Å²) in [6.45, 7) is 0.466. The summed E-state index contributed by atoms with van der Waals surface area (Å²) in [6, 6.07) is 0. The maximum absolute atomic E-state index is 11.1. The number of hydrogen-bond donors (Lipinski definition) is 1. The van der Waals surface area contributed by atoms with Crippen LogP contribution in [-0.2, 0) is 13.1 Å². The van der Waals surface area contributed by atoms with E-state index in [0.717, 1.165) is 0 Å². The molecule has 0 bridgehead atoms. The van der Waals surface area contributed by atoms with Gasteiger partial charge >= 0.3 is 11.3 Å². The molecule has 7 heteroatoms. The molecule has 0 spiro atoms. The molecule has 0 aliphatic carbocycles. The highest BCUT2D eigenvalue weighted by molar-refractivity contribution is 5.74. The molecule has 2 heterocycles. The largest absolute Gasteiger partial charge is 0.455 e. The molecule has 0 aromatic carbocycles. The van der Waals surface area contributed by atoms with Crippen LogP contribution in [0.3, 0.4) is 0 Å². The van der Waals surface area contributed by atoms with Crippen LogP contribution in [0.1, 0.15) is 11.5 Å². The quantitative estimate of drug-likeness (QED) is 0.744. The molecule has 7 nitrogen and oxygen atoms in total. The molecule has 0 aliphatic rings. The Kier molecular flexibility index (Phi) is 2.86. The minimum atomic E-state index is -1.07. The van der Waals surface area contributed by atoms with Crippen LogP contribution in [0.4, 0.5) is 0 Å². The molecular weight excluding hydrogens is 228 g/mol. The zero-order valence-corrected chi connectivity index (χ0v) is 9.48. The molecule has 0 fully saturated rings. The van der Waals surface area contributed by atoms with E-state index in [1.54, 1.807) is 0 Å². The van der Waals surface area contributed by atoms with E-state index in [9.17, 15) is 9.59 Å². The Balaban J connectivity index is 2.74. The van der Waals surface area contributed by atoms with Gasteiger partial charge in [-0.15, -0.1) is 0 Å². The molecule has 0 aliphatic heterocycles. The first-order valence-corrected chi connectivity index (χ1v) is 4.96. The van der Waals surface area contributed by atoms with E-state index in [-0.39, 0.29) is 23.5 Å². The average molecular weight is 240 g/mol. The van der Waals surface area contributed by atoms with E-state index in [1.165, 1.54) is 0 Å². The number of nitrogens with two attached hydrogens (primary N) is 1. The van der Waals surface area contributed by atoms with Gasteiger partial charge in [-0.2, -0.15) is 0 Å². The van der Waals surface area contributed by atoms with Crippen molar-refractivity contribution in [3.63, 3.8) is 0 Å². The van der Waals surface area contributed by atoms with Crippen molar-refractivity contribution in [1.82, 2.24) is 4.90 Å². The lowest BCUT2D eigenvalue weighted by Crippen LogP contribution is -2.21. The van der Waals surface area contributed by atoms with Crippen LogP contribution >= 0.6 is 0 Å². The van der Waals surface area contributed by atoms with Crippen molar-refractivity contribution < 1.29 is 13.3 Å². The number of fused-ring (bicyclic) bond motifs is 1. The van der Waals surface area contributed by atoms with Crippen molar-refractivity contribution in [3.8, 4) is 0 Å². The van der Waals surface area contributed by atoms with E-state index < -0.39 is 11.3 Å². The lowest BCUT2D eigenvalue weighted by atomic mass is 10.3. The van der Waals surface area contributed by atoms with Gasteiger partial charge in [0.25, 0.3) is 0 Å². The maximum Gasteiger partial charge on any atom is 0.423 e. The monoisotopic (exact) mass is 240 g/mol. The molecule has 0 atom stereocenters. The van der Waals surface area contributed by atoms with Crippen molar-refractivity contribution in [3.05, 3.63) is 32.4 Å². The summed E-state index contributed by atoms with van der Waals surface area (Å²) in [7, 11) is 3.65. The number of furan rings is 1. The summed E-state index contributed by atoms with van der Waals surface area (Å²) in [5.74, 6) is 0.698. The third kappa shape index (κ3) is 2.02. The first-order valence-electron chi connectivity index (χ1n) is 4.96. The Morgan fingerprint density at radius 2 is 1.53 bits per heavy atom. The highest BCUT2D eigenvalue weighted by atomic mass is 16.5. The van der Waals surface area contributed by atoms with Crippen molar-refractivity contribution in [2.75, 3.05) is 14.1 Å². The van der Waals surface area contributed by atoms with Crippen LogP contribution in [0.15, 0.2) is 22.8 Å². The smallest absolute Gasteiger partial charge is 0.423 e. The molecule has 0 amide bonds. The summed E-state index contributed by atoms with van der Waals surface area (Å²) in [4.78, 5) is 24.0. The van der Waals surface area contributed by atoms with E-state index in [1.807, 2.05) is 19.0 Å². The number of nitrogens with zero attached hydrogens (tertiary/aromatic N) is 1. The molecule has 17 heavy (non-hydrogen) atoms. The summed E-state index contributed by atoms with van der Waals surface area (Å²) >= 11 is 0. The second-order valence-corrected chi connectivity index (χ2v) is 3.83. The second kappa shape index (κ2) is 4.19. The fourth-order valence-electron chi connectivity index (χ4n) is 1.50. The predicted molar refractivity (Wildman–Crippen MR) is 58.6 cm³/mol. The molecule has 0 saturated carbocycles. The molecule has 0 radical (unpaired) electrons. The Hall–Kier alpha value is -1.86. The van der Waals surface area contributed by atoms with Gasteiger partial charge in [0.15, 0.2) is 11.5 Å². The molecular formula is C10H12N2O5. The third-order valence-corrected chi connectivity index (χ3v) is 2.16. The van der Waals surface area contributed by atoms with E-state index in [4.69, 9.17) is 19.0 Å². The first kappa shape index (κ1) is 11.6. The minimum Gasteiger partial charge on any atom is -0.455 e. The van der Waals surface area contributed by atoms with Crippen LogP contribution in [-0.4, -0.2) is 19.0 Å². The zero-order valence-electron chi connectivity index (χ0n) is 9.48. The van der Waals surface area contributed by atoms with Crippen LogP contribution in [0.5, 0.6) is 0 Å². The van der Waals surface area contributed by atoms with Gasteiger partial charge in [-0.25, -0.2) is 9.59 Å². The third-order valence-electron chi connectivity index (χ3n) is 2.16. The van der Waals surface area contributed by atoms with Crippen molar-refractivity contribution in [1.29, 1.82) is 0 Å². The average Bonchev–Trinajstić information content (AvgIpc) is 2.57. The summed E-state index contributed by atoms with van der Waals surface area (Å²) in [5, 5.41) is 0. The Morgan fingerprint density at radius 3 is 2.00 bits per heavy atom. The van der Waals surface area contributed by atoms with Crippen LogP contribution in [0.2, 0.25) is 0 Å². The highest BCUT2D eigenvalue weighted by Crippen LogP contribution is 2.24. The Morgan fingerprint density at radius 1 is 1.00 bits per heavy atom. The Labute approximate surface area is 95.4 Å². The predicted octanol–water partition coefficient (Wildman–Crippen LogP) is -0.141. The molecule has 0 saturated heterocycles. The molecule has 0 unspecified atom stereocenters. The zero-order chi connectivity index (χ0) is 12.6. The van der Waals surface area contributed by atoms with Gasteiger partial charge in [-0.3, -0.25) is 0 Å². The molecule has 92 valence electrons. The highest BCUT2D eigenvalue weighted by Gasteiger charge is 2.19. The van der Waals surface area contributed by atoms with Gasteiger partial charge in [-0.05, 0) is 14.1 Å². The van der Waals surface area contributed by atoms with Gasteiger partial charge in [0.2, 0.25) is 11.2 Å². The van der Waals surface area contributed by atoms with Crippen molar-refractivity contribution >= 4 is 11.2 Å². The maximum atomic E-state index is 11.1. The van der Waals surface area contributed by atoms with Gasteiger partial charge in [0, 0.05) is 0 Å². The fourth-order valence-corrected chi connectivity index (χ4v) is 1.50. The molecule has 2 aromatic rings. The van der Waals surface area contributed by atoms with E-state index >= 15 is 0 Å². The summed E-state index contributed by atoms with van der Waals surface area (Å²) in [6.07, 6.45) is 0. The van der Waals surface area contributed by atoms with E-state index in [0.29, 0.717) is 12.3 Å². The van der Waals surface area contributed by atoms with E-state index in [2.05, 4.69) is 0 Å². The Bertz CT molecular complexity index is 649. The van der Waals surface area contributed by atoms with Gasteiger partial charge in [0.1, 0.15) is 0 Å². The minimum absolute atomic E-state index is 0.0561. The number of hydrogen-bond acceptors (Lipinski definition) is 7. The fraction of sp³-hybridized carbons (Fsp3) is 0.400. The van der Waals surface area contributed by atoms with Crippen LogP contribution < -0.4 is 17.0 Å². The van der Waals surface area contributed by atoms with Crippen LogP contribution in [0.25, 0.3) is 11.2 Å². The summed E-state index contributed by atoms with van der Waals surface area (Å²) < 4.78 is 15.1. The van der Waals surface area contributed by atoms with Gasteiger partial charge in [-0.1, -0.05) is 0 Å². The topological polar surface area (TPSA) is 103 Å². The van der Waals surface area contributed by atoms with Gasteiger partial charge in [0.05, 0.1) is 13.1 Å². The molecule has 2 aromatic heterocycles. The van der Waals surface area contributed by atoms with Gasteiger partial charge < -0.3 is 23.9 Å². The van der Waals surface area contributed by atoms with Crippen molar-refractivity contribution in [2.45, 2.75) is 13.1 Å². The SMILES string of the molecule is CN(C)Cc1oc(CN)c2oc(=O)c(=O)oc12. The molecule has 2 N–H and O–H groups in total. The summed E-state index contributed by atoms with van der Waals surface area (Å²) in [5.41, 5.74) is 3.59. The first-order chi connectivity index (χ1) is 8.02. The standard InChI is InChI=1S/C10H12N2O5/c1-12(2)4-6-8-7(5(3-11)15-6)16-9(13)10(14)17-8/h3-4,11H2,1-2H3. The van der Waals surface area contributed by atoms with Crippen LogP contribution in [0, 0.1) is 0 Å². The lowest BCUT2D eigenvalue weighted by molar-refractivity contribution is 0.340. The van der Waals surface area contributed by atoms with Crippen molar-refractivity contribution in [2.24, 2.45) is 5.73 Å².